The van der Waals surface area contributed by atoms with Crippen molar-refractivity contribution in [2.75, 3.05) is 13.6 Å². The van der Waals surface area contributed by atoms with E-state index < -0.39 is 0 Å². The molecular formula is C10H13NO2. The highest BCUT2D eigenvalue weighted by molar-refractivity contribution is 6.00. The van der Waals surface area contributed by atoms with Crippen LogP contribution in [0.3, 0.4) is 0 Å². The fourth-order valence-electron chi connectivity index (χ4n) is 1.13. The summed E-state index contributed by atoms with van der Waals surface area (Å²) in [6.45, 7) is 2.13. The van der Waals surface area contributed by atoms with Crippen LogP contribution in [0.5, 0.6) is 5.75 Å². The molecule has 1 aromatic carbocycles. The maximum absolute atomic E-state index is 11.4. The normalized spacial score (nSPS) is 10.0. The van der Waals surface area contributed by atoms with E-state index in [0.717, 1.165) is 5.56 Å². The number of Topliss-reactive ketones (excluding diaryl/α,β-unsaturated/α-hetero) is 1. The van der Waals surface area contributed by atoms with Gasteiger partial charge < -0.3 is 10.4 Å². The fraction of sp³-hybridized carbons (Fsp3) is 0.300. The molecule has 0 spiro atoms. The lowest BCUT2D eigenvalue weighted by molar-refractivity contribution is 0.0991. The van der Waals surface area contributed by atoms with E-state index in [1.165, 1.54) is 6.07 Å². The number of hydrogen-bond donors (Lipinski definition) is 2. The van der Waals surface area contributed by atoms with Crippen LogP contribution in [0.15, 0.2) is 18.2 Å². The van der Waals surface area contributed by atoms with Crippen molar-refractivity contribution >= 4 is 5.78 Å². The topological polar surface area (TPSA) is 49.3 Å². The maximum atomic E-state index is 11.4. The number of hydrogen-bond acceptors (Lipinski definition) is 3. The summed E-state index contributed by atoms with van der Waals surface area (Å²) in [7, 11) is 1.70. The zero-order valence-electron chi connectivity index (χ0n) is 7.79. The van der Waals surface area contributed by atoms with Gasteiger partial charge in [0.25, 0.3) is 0 Å². The predicted octanol–water partition coefficient (Wildman–Crippen LogP) is 1.10. The van der Waals surface area contributed by atoms with Crippen molar-refractivity contribution in [1.29, 1.82) is 0 Å². The first-order valence-corrected chi connectivity index (χ1v) is 4.12. The Morgan fingerprint density at radius 2 is 2.23 bits per heavy atom. The molecular weight excluding hydrogens is 166 g/mol. The van der Waals surface area contributed by atoms with E-state index in [9.17, 15) is 9.90 Å². The molecule has 0 aliphatic heterocycles. The van der Waals surface area contributed by atoms with E-state index in [4.69, 9.17) is 0 Å². The Bertz CT molecular complexity index is 321. The van der Waals surface area contributed by atoms with Crippen LogP contribution in [0.1, 0.15) is 15.9 Å². The van der Waals surface area contributed by atoms with Crippen LogP contribution in [-0.4, -0.2) is 24.5 Å². The average molecular weight is 179 g/mol. The van der Waals surface area contributed by atoms with E-state index in [2.05, 4.69) is 5.32 Å². The highest BCUT2D eigenvalue weighted by Gasteiger charge is 2.09. The summed E-state index contributed by atoms with van der Waals surface area (Å²) in [6.07, 6.45) is 0. The third-order valence-corrected chi connectivity index (χ3v) is 1.79. The number of likely N-dealkylation sites (N-methyl/N-ethyl adjacent to an activating group) is 1. The van der Waals surface area contributed by atoms with Crippen LogP contribution < -0.4 is 5.32 Å². The zero-order valence-corrected chi connectivity index (χ0v) is 7.79. The number of aromatic hydroxyl groups is 1. The smallest absolute Gasteiger partial charge is 0.180 e. The van der Waals surface area contributed by atoms with E-state index in [0.29, 0.717) is 5.56 Å². The van der Waals surface area contributed by atoms with Crippen LogP contribution in [0, 0.1) is 6.92 Å². The van der Waals surface area contributed by atoms with Crippen LogP contribution in [0.25, 0.3) is 0 Å². The maximum Gasteiger partial charge on any atom is 0.180 e. The highest BCUT2D eigenvalue weighted by atomic mass is 16.3. The number of benzene rings is 1. The van der Waals surface area contributed by atoms with Gasteiger partial charge in [-0.05, 0) is 26.1 Å². The summed E-state index contributed by atoms with van der Waals surface area (Å²) in [5, 5.41) is 12.1. The minimum atomic E-state index is -0.0938. The third kappa shape index (κ3) is 2.29. The second-order valence-electron chi connectivity index (χ2n) is 2.97. The molecule has 0 fully saturated rings. The molecule has 3 nitrogen and oxygen atoms in total. The number of nitrogens with one attached hydrogen (secondary N) is 1. The molecule has 0 radical (unpaired) electrons. The van der Waals surface area contributed by atoms with Gasteiger partial charge in [0.2, 0.25) is 0 Å². The summed E-state index contributed by atoms with van der Waals surface area (Å²) in [5.74, 6) is -0.0467. The minimum Gasteiger partial charge on any atom is -0.507 e. The summed E-state index contributed by atoms with van der Waals surface area (Å²) in [4.78, 5) is 11.4. The van der Waals surface area contributed by atoms with Crippen molar-refractivity contribution in [3.8, 4) is 5.75 Å². The molecule has 0 heterocycles. The van der Waals surface area contributed by atoms with Crippen molar-refractivity contribution in [3.63, 3.8) is 0 Å². The number of phenols is 1. The van der Waals surface area contributed by atoms with Gasteiger partial charge in [-0.25, -0.2) is 0 Å². The SMILES string of the molecule is CNCC(=O)c1cc(C)ccc1O. The molecule has 0 saturated carbocycles. The molecule has 0 aromatic heterocycles. The van der Waals surface area contributed by atoms with E-state index in [1.807, 2.05) is 6.92 Å². The lowest BCUT2D eigenvalue weighted by Crippen LogP contribution is -2.18. The number of rotatable bonds is 3. The molecule has 0 aliphatic rings. The first-order valence-electron chi connectivity index (χ1n) is 4.12. The van der Waals surface area contributed by atoms with Crippen LogP contribution >= 0.6 is 0 Å². The van der Waals surface area contributed by atoms with Gasteiger partial charge in [-0.2, -0.15) is 0 Å². The summed E-state index contributed by atoms with van der Waals surface area (Å²) in [5.41, 5.74) is 1.35. The van der Waals surface area contributed by atoms with Crippen LogP contribution in [0.2, 0.25) is 0 Å². The molecule has 0 amide bonds. The van der Waals surface area contributed by atoms with E-state index in [-0.39, 0.29) is 18.1 Å². The fourth-order valence-corrected chi connectivity index (χ4v) is 1.13. The number of carbonyl (C=O) groups excluding carboxylic acids is 1. The Morgan fingerprint density at radius 1 is 1.54 bits per heavy atom. The van der Waals surface area contributed by atoms with Gasteiger partial charge in [0.1, 0.15) is 5.75 Å². The largest absolute Gasteiger partial charge is 0.507 e. The molecule has 1 rings (SSSR count). The first-order chi connectivity index (χ1) is 6.15. The molecule has 0 saturated heterocycles. The van der Waals surface area contributed by atoms with Gasteiger partial charge in [0.05, 0.1) is 12.1 Å². The van der Waals surface area contributed by atoms with Crippen molar-refractivity contribution in [3.05, 3.63) is 29.3 Å². The van der Waals surface area contributed by atoms with Crippen LogP contribution in [-0.2, 0) is 0 Å². The van der Waals surface area contributed by atoms with Crippen LogP contribution in [0.4, 0.5) is 0 Å². The Kier molecular flexibility index (Phi) is 3.03. The minimum absolute atomic E-state index is 0.0471. The van der Waals surface area contributed by atoms with Crippen molar-refractivity contribution in [2.24, 2.45) is 0 Å². The zero-order chi connectivity index (χ0) is 9.84. The molecule has 1 aromatic rings. The first kappa shape index (κ1) is 9.74. The van der Waals surface area contributed by atoms with Gasteiger partial charge in [-0.3, -0.25) is 4.79 Å². The third-order valence-electron chi connectivity index (χ3n) is 1.79. The van der Waals surface area contributed by atoms with Gasteiger partial charge in [0.15, 0.2) is 5.78 Å². The van der Waals surface area contributed by atoms with E-state index >= 15 is 0 Å². The number of aryl methyl sites for hydroxylation is 1. The van der Waals surface area contributed by atoms with Gasteiger partial charge in [0, 0.05) is 0 Å². The van der Waals surface area contributed by atoms with Gasteiger partial charge in [-0.1, -0.05) is 11.6 Å². The summed E-state index contributed by atoms with van der Waals surface area (Å²) >= 11 is 0. The van der Waals surface area contributed by atoms with E-state index in [1.54, 1.807) is 19.2 Å². The molecule has 0 atom stereocenters. The van der Waals surface area contributed by atoms with Crippen molar-refractivity contribution in [1.82, 2.24) is 5.32 Å². The molecule has 0 bridgehead atoms. The average Bonchev–Trinajstić information content (AvgIpc) is 2.09. The second kappa shape index (κ2) is 4.05. The van der Waals surface area contributed by atoms with Gasteiger partial charge >= 0.3 is 0 Å². The molecule has 13 heavy (non-hydrogen) atoms. The quantitative estimate of drug-likeness (QED) is 0.683. The number of ketones is 1. The highest BCUT2D eigenvalue weighted by Crippen LogP contribution is 2.18. The lowest BCUT2D eigenvalue weighted by Gasteiger charge is -2.03. The Morgan fingerprint density at radius 3 is 2.85 bits per heavy atom. The van der Waals surface area contributed by atoms with Crippen molar-refractivity contribution < 1.29 is 9.90 Å². The molecule has 0 aliphatic carbocycles. The Balaban J connectivity index is 2.99. The molecule has 70 valence electrons. The molecule has 3 heteroatoms. The van der Waals surface area contributed by atoms with Gasteiger partial charge in [-0.15, -0.1) is 0 Å². The lowest BCUT2D eigenvalue weighted by atomic mass is 10.1. The monoisotopic (exact) mass is 179 g/mol. The summed E-state index contributed by atoms with van der Waals surface area (Å²) in [6, 6.07) is 5.00. The Hall–Kier alpha value is -1.35. The molecule has 2 N–H and O–H groups in total. The Labute approximate surface area is 77.4 Å². The number of phenolic OH excluding ortho intramolecular Hbond substituents is 1. The summed E-state index contributed by atoms with van der Waals surface area (Å²) < 4.78 is 0. The molecule has 0 unspecified atom stereocenters. The second-order valence-corrected chi connectivity index (χ2v) is 2.97. The van der Waals surface area contributed by atoms with Crippen molar-refractivity contribution in [2.45, 2.75) is 6.92 Å². The standard InChI is InChI=1S/C10H13NO2/c1-7-3-4-9(12)8(5-7)10(13)6-11-2/h3-5,11-12H,6H2,1-2H3. The predicted molar refractivity (Wildman–Crippen MR) is 51.1 cm³/mol. The number of carbonyl (C=O) groups is 1.